The van der Waals surface area contributed by atoms with E-state index in [4.69, 9.17) is 17.4 Å². The van der Waals surface area contributed by atoms with Crippen LogP contribution in [0, 0.1) is 0 Å². The van der Waals surface area contributed by atoms with Crippen molar-refractivity contribution in [2.24, 2.45) is 5.84 Å². The Labute approximate surface area is 107 Å². The lowest BCUT2D eigenvalue weighted by Gasteiger charge is -2.39. The van der Waals surface area contributed by atoms with Gasteiger partial charge in [-0.25, -0.2) is 0 Å². The zero-order valence-electron chi connectivity index (χ0n) is 10.2. The van der Waals surface area contributed by atoms with Crippen molar-refractivity contribution in [3.8, 4) is 0 Å². The third-order valence-electron chi connectivity index (χ3n) is 3.24. The van der Waals surface area contributed by atoms with Gasteiger partial charge in [0.25, 0.3) is 0 Å². The zero-order valence-corrected chi connectivity index (χ0v) is 11.8. The standard InChI is InChI=1S/C11H20ClN3S/c1-11(2,15(3)4)9(14-13)7-8-5-6-10(12)16-8/h5-6,9,14H,7,13H2,1-4H3. The fourth-order valence-electron chi connectivity index (χ4n) is 1.49. The van der Waals surface area contributed by atoms with E-state index in [-0.39, 0.29) is 11.6 Å². The summed E-state index contributed by atoms with van der Waals surface area (Å²) in [4.78, 5) is 3.43. The van der Waals surface area contributed by atoms with Crippen LogP contribution in [-0.2, 0) is 6.42 Å². The summed E-state index contributed by atoms with van der Waals surface area (Å²) in [5.41, 5.74) is 2.89. The third kappa shape index (κ3) is 3.18. The zero-order chi connectivity index (χ0) is 12.3. The SMILES string of the molecule is CN(C)C(C)(C)C(Cc1ccc(Cl)s1)NN. The molecule has 0 bridgehead atoms. The average molecular weight is 262 g/mol. The van der Waals surface area contributed by atoms with Gasteiger partial charge in [-0.05, 0) is 40.1 Å². The van der Waals surface area contributed by atoms with Gasteiger partial charge in [-0.2, -0.15) is 0 Å². The number of thiophene rings is 1. The minimum Gasteiger partial charge on any atom is -0.303 e. The number of hydrogen-bond donors (Lipinski definition) is 2. The van der Waals surface area contributed by atoms with Crippen molar-refractivity contribution < 1.29 is 0 Å². The molecule has 0 aliphatic rings. The largest absolute Gasteiger partial charge is 0.303 e. The molecule has 1 aromatic rings. The van der Waals surface area contributed by atoms with E-state index in [2.05, 4.69) is 44.3 Å². The van der Waals surface area contributed by atoms with Crippen LogP contribution in [0.15, 0.2) is 12.1 Å². The van der Waals surface area contributed by atoms with Crippen molar-refractivity contribution in [3.05, 3.63) is 21.3 Å². The maximum Gasteiger partial charge on any atom is 0.0931 e. The van der Waals surface area contributed by atoms with Gasteiger partial charge in [0.05, 0.1) is 4.34 Å². The minimum absolute atomic E-state index is 0.00871. The summed E-state index contributed by atoms with van der Waals surface area (Å²) in [7, 11) is 4.12. The first kappa shape index (κ1) is 13.9. The highest BCUT2D eigenvalue weighted by Gasteiger charge is 2.31. The molecule has 1 heterocycles. The maximum absolute atomic E-state index is 5.92. The van der Waals surface area contributed by atoms with Crippen molar-refractivity contribution in [1.29, 1.82) is 0 Å². The van der Waals surface area contributed by atoms with Gasteiger partial charge < -0.3 is 4.90 Å². The van der Waals surface area contributed by atoms with Gasteiger partial charge in [0.2, 0.25) is 0 Å². The fourth-order valence-corrected chi connectivity index (χ4v) is 2.62. The Morgan fingerprint density at radius 3 is 2.50 bits per heavy atom. The summed E-state index contributed by atoms with van der Waals surface area (Å²) in [6, 6.07) is 4.18. The number of nitrogens with two attached hydrogens (primary N) is 1. The van der Waals surface area contributed by atoms with Crippen molar-refractivity contribution in [2.45, 2.75) is 31.8 Å². The van der Waals surface area contributed by atoms with Gasteiger partial charge >= 0.3 is 0 Å². The summed E-state index contributed by atoms with van der Waals surface area (Å²) in [6.07, 6.45) is 0.888. The van der Waals surface area contributed by atoms with E-state index in [1.165, 1.54) is 4.88 Å². The molecular formula is C11H20ClN3S. The van der Waals surface area contributed by atoms with Crippen LogP contribution in [0.25, 0.3) is 0 Å². The van der Waals surface area contributed by atoms with Crippen LogP contribution in [0.3, 0.4) is 0 Å². The van der Waals surface area contributed by atoms with Crippen LogP contribution in [0.2, 0.25) is 4.34 Å². The quantitative estimate of drug-likeness (QED) is 0.630. The van der Waals surface area contributed by atoms with E-state index >= 15 is 0 Å². The molecule has 0 radical (unpaired) electrons. The predicted octanol–water partition coefficient (Wildman–Crippen LogP) is 2.12. The Kier molecular flexibility index (Phi) is 4.76. The lowest BCUT2D eigenvalue weighted by molar-refractivity contribution is 0.138. The Bertz CT molecular complexity index is 336. The Morgan fingerprint density at radius 2 is 2.12 bits per heavy atom. The third-order valence-corrected chi connectivity index (χ3v) is 4.49. The van der Waals surface area contributed by atoms with Gasteiger partial charge in [0, 0.05) is 22.9 Å². The van der Waals surface area contributed by atoms with E-state index in [1.54, 1.807) is 11.3 Å². The van der Waals surface area contributed by atoms with Gasteiger partial charge in [-0.15, -0.1) is 11.3 Å². The lowest BCUT2D eigenvalue weighted by atomic mass is 9.91. The smallest absolute Gasteiger partial charge is 0.0931 e. The Morgan fingerprint density at radius 1 is 1.50 bits per heavy atom. The summed E-state index contributed by atoms with van der Waals surface area (Å²) < 4.78 is 0.827. The summed E-state index contributed by atoms with van der Waals surface area (Å²) in [6.45, 7) is 4.35. The molecule has 0 saturated carbocycles. The molecule has 1 atom stereocenters. The average Bonchev–Trinajstić information content (AvgIpc) is 2.60. The second-order valence-electron chi connectivity index (χ2n) is 4.68. The predicted molar refractivity (Wildman–Crippen MR) is 71.9 cm³/mol. The molecule has 3 N–H and O–H groups in total. The highest BCUT2D eigenvalue weighted by atomic mass is 35.5. The van der Waals surface area contributed by atoms with Crippen molar-refractivity contribution >= 4 is 22.9 Å². The van der Waals surface area contributed by atoms with Crippen LogP contribution >= 0.6 is 22.9 Å². The lowest BCUT2D eigenvalue weighted by Crippen LogP contribution is -2.58. The molecule has 0 fully saturated rings. The minimum atomic E-state index is -0.00871. The van der Waals surface area contributed by atoms with E-state index in [0.29, 0.717) is 0 Å². The number of nitrogens with one attached hydrogen (secondary N) is 1. The maximum atomic E-state index is 5.92. The molecule has 5 heteroatoms. The molecule has 0 aliphatic heterocycles. The number of nitrogens with zero attached hydrogens (tertiary/aromatic N) is 1. The molecule has 16 heavy (non-hydrogen) atoms. The van der Waals surface area contributed by atoms with Crippen LogP contribution in [-0.4, -0.2) is 30.6 Å². The van der Waals surface area contributed by atoms with Crippen molar-refractivity contribution in [2.75, 3.05) is 14.1 Å². The highest BCUT2D eigenvalue weighted by Crippen LogP contribution is 2.26. The van der Waals surface area contributed by atoms with Gasteiger partial charge in [-0.1, -0.05) is 11.6 Å². The number of halogens is 1. The molecule has 3 nitrogen and oxygen atoms in total. The second kappa shape index (κ2) is 5.47. The van der Waals surface area contributed by atoms with Crippen LogP contribution in [0.4, 0.5) is 0 Å². The van der Waals surface area contributed by atoms with Gasteiger partial charge in [0.15, 0.2) is 0 Å². The fraction of sp³-hybridized carbons (Fsp3) is 0.636. The molecule has 1 rings (SSSR count). The summed E-state index contributed by atoms with van der Waals surface area (Å²) >= 11 is 7.53. The van der Waals surface area contributed by atoms with E-state index < -0.39 is 0 Å². The molecule has 0 spiro atoms. The van der Waals surface area contributed by atoms with Gasteiger partial charge in [-0.3, -0.25) is 11.3 Å². The van der Waals surface area contributed by atoms with Crippen molar-refractivity contribution in [1.82, 2.24) is 10.3 Å². The molecule has 0 amide bonds. The number of likely N-dealkylation sites (N-methyl/N-ethyl adjacent to an activating group) is 1. The first-order chi connectivity index (χ1) is 7.37. The van der Waals surface area contributed by atoms with Crippen LogP contribution < -0.4 is 11.3 Å². The van der Waals surface area contributed by atoms with E-state index in [0.717, 1.165) is 10.8 Å². The second-order valence-corrected chi connectivity index (χ2v) is 6.48. The van der Waals surface area contributed by atoms with Crippen LogP contribution in [0.5, 0.6) is 0 Å². The topological polar surface area (TPSA) is 41.3 Å². The number of hydrazine groups is 1. The molecule has 1 aromatic heterocycles. The molecule has 92 valence electrons. The normalized spacial score (nSPS) is 14.4. The highest BCUT2D eigenvalue weighted by molar-refractivity contribution is 7.16. The van der Waals surface area contributed by atoms with Gasteiger partial charge in [0.1, 0.15) is 0 Å². The molecule has 0 aromatic carbocycles. The first-order valence-electron chi connectivity index (χ1n) is 5.25. The molecular weight excluding hydrogens is 242 g/mol. The Hall–Kier alpha value is -0.130. The number of rotatable bonds is 5. The van der Waals surface area contributed by atoms with E-state index in [1.807, 2.05) is 6.07 Å². The monoisotopic (exact) mass is 261 g/mol. The molecule has 0 saturated heterocycles. The van der Waals surface area contributed by atoms with Crippen molar-refractivity contribution in [3.63, 3.8) is 0 Å². The summed E-state index contributed by atoms with van der Waals surface area (Å²) in [5, 5.41) is 0. The molecule has 0 aliphatic carbocycles. The molecule has 1 unspecified atom stereocenters. The Balaban J connectivity index is 2.76. The number of hydrogen-bond acceptors (Lipinski definition) is 4. The summed E-state index contributed by atoms with van der Waals surface area (Å²) in [5.74, 6) is 5.65. The first-order valence-corrected chi connectivity index (χ1v) is 6.45. The van der Waals surface area contributed by atoms with E-state index in [9.17, 15) is 0 Å². The van der Waals surface area contributed by atoms with Crippen LogP contribution in [0.1, 0.15) is 18.7 Å².